The van der Waals surface area contributed by atoms with Gasteiger partial charge in [-0.15, -0.1) is 0 Å². The van der Waals surface area contributed by atoms with Gasteiger partial charge in [0.15, 0.2) is 6.23 Å². The summed E-state index contributed by atoms with van der Waals surface area (Å²) in [6, 6.07) is 6.13. The summed E-state index contributed by atoms with van der Waals surface area (Å²) in [4.78, 5) is 40.0. The van der Waals surface area contributed by atoms with Gasteiger partial charge in [0.2, 0.25) is 11.8 Å². The summed E-state index contributed by atoms with van der Waals surface area (Å²) in [5, 5.41) is 2.78. The van der Waals surface area contributed by atoms with Crippen LogP contribution in [0.5, 0.6) is 0 Å². The lowest BCUT2D eigenvalue weighted by atomic mass is 10.2. The van der Waals surface area contributed by atoms with Crippen LogP contribution >= 0.6 is 0 Å². The molecule has 2 aliphatic heterocycles. The predicted octanol–water partition coefficient (Wildman–Crippen LogP) is 0.500. The Morgan fingerprint density at radius 1 is 1.35 bits per heavy atom. The number of amides is 4. The second-order valence-corrected chi connectivity index (χ2v) is 6.26. The number of nitrogens with two attached hydrogens (primary N) is 1. The normalized spacial score (nSPS) is 20.6. The van der Waals surface area contributed by atoms with Gasteiger partial charge in [0, 0.05) is 24.6 Å². The van der Waals surface area contributed by atoms with Gasteiger partial charge in [-0.05, 0) is 31.2 Å². The van der Waals surface area contributed by atoms with Crippen molar-refractivity contribution in [3.63, 3.8) is 0 Å². The van der Waals surface area contributed by atoms with Crippen molar-refractivity contribution in [1.82, 2.24) is 9.80 Å². The fraction of sp³-hybridized carbons (Fsp3) is 0.353. The second-order valence-electron chi connectivity index (χ2n) is 6.26. The van der Waals surface area contributed by atoms with Gasteiger partial charge in [0.05, 0.1) is 6.04 Å². The highest BCUT2D eigenvalue weighted by Crippen LogP contribution is 2.22. The number of nitrogens with one attached hydrogen (secondary N) is 1. The average Bonchev–Trinajstić information content (AvgIpc) is 3.16. The first-order valence-corrected chi connectivity index (χ1v) is 8.18. The Balaban J connectivity index is 1.59. The van der Waals surface area contributed by atoms with Gasteiger partial charge >= 0.3 is 6.03 Å². The van der Waals surface area contributed by atoms with Gasteiger partial charge in [0.25, 0.3) is 0 Å². The average molecular weight is 359 g/mol. The molecular weight excluding hydrogens is 338 g/mol. The third kappa shape index (κ3) is 3.47. The number of rotatable bonds is 5. The molecule has 2 heterocycles. The fourth-order valence-electron chi connectivity index (χ4n) is 2.81. The molecule has 0 spiro atoms. The molecule has 0 aliphatic carbocycles. The topological polar surface area (TPSA) is 108 Å². The van der Waals surface area contributed by atoms with Crippen LogP contribution in [-0.4, -0.2) is 60.1 Å². The number of nitrogens with zero attached hydrogens (tertiary/aromatic N) is 3. The van der Waals surface area contributed by atoms with Gasteiger partial charge in [-0.2, -0.15) is 0 Å². The molecule has 4 amide bonds. The standard InChI is InChI=1S/C17H21N5O4/c1-11(18)16-21(7-8-26-16)9-14(23)19-12-3-5-13(6-4-12)22-10-15(24)20(2)17(22)25/h3-8,11,16H,9-10,18H2,1-2H3,(H,19,23)/t11-,16?/m0/s1. The third-order valence-electron chi connectivity index (χ3n) is 4.22. The number of likely N-dealkylation sites (N-methyl/N-ethyl adjacent to an activating group) is 1. The first-order chi connectivity index (χ1) is 12.4. The van der Waals surface area contributed by atoms with E-state index in [0.717, 1.165) is 4.90 Å². The van der Waals surface area contributed by atoms with E-state index in [9.17, 15) is 14.4 Å². The highest BCUT2D eigenvalue weighted by atomic mass is 16.5. The van der Waals surface area contributed by atoms with E-state index >= 15 is 0 Å². The highest BCUT2D eigenvalue weighted by Gasteiger charge is 2.33. The molecule has 9 nitrogen and oxygen atoms in total. The van der Waals surface area contributed by atoms with E-state index < -0.39 is 0 Å². The number of hydrogen-bond donors (Lipinski definition) is 2. The van der Waals surface area contributed by atoms with E-state index in [1.165, 1.54) is 18.2 Å². The summed E-state index contributed by atoms with van der Waals surface area (Å²) < 4.78 is 5.35. The molecule has 0 radical (unpaired) electrons. The SMILES string of the molecule is C[C@H](N)C1OC=CN1CC(=O)Nc1ccc(N2CC(=O)N(C)C2=O)cc1. The van der Waals surface area contributed by atoms with Crippen LogP contribution in [0.15, 0.2) is 36.7 Å². The lowest BCUT2D eigenvalue weighted by molar-refractivity contribution is -0.124. The highest BCUT2D eigenvalue weighted by molar-refractivity contribution is 6.12. The first kappa shape index (κ1) is 17.7. The van der Waals surface area contributed by atoms with E-state index in [4.69, 9.17) is 10.5 Å². The van der Waals surface area contributed by atoms with Gasteiger partial charge in [-0.3, -0.25) is 19.4 Å². The maximum atomic E-state index is 12.2. The first-order valence-electron chi connectivity index (χ1n) is 8.18. The molecule has 9 heteroatoms. The van der Waals surface area contributed by atoms with E-state index in [0.29, 0.717) is 11.4 Å². The zero-order chi connectivity index (χ0) is 18.8. The number of urea groups is 1. The molecule has 138 valence electrons. The van der Waals surface area contributed by atoms with Gasteiger partial charge in [-0.25, -0.2) is 4.79 Å². The monoisotopic (exact) mass is 359 g/mol. The molecule has 0 saturated carbocycles. The maximum absolute atomic E-state index is 12.2. The van der Waals surface area contributed by atoms with Crippen molar-refractivity contribution in [3.8, 4) is 0 Å². The number of anilines is 2. The molecule has 1 aromatic carbocycles. The number of ether oxygens (including phenoxy) is 1. The number of imide groups is 1. The molecular formula is C17H21N5O4. The Kier molecular flexibility index (Phi) is 4.81. The molecule has 3 N–H and O–H groups in total. The molecule has 3 rings (SSSR count). The van der Waals surface area contributed by atoms with Crippen LogP contribution in [0, 0.1) is 0 Å². The number of carbonyl (C=O) groups excluding carboxylic acids is 3. The summed E-state index contributed by atoms with van der Waals surface area (Å²) >= 11 is 0. The molecule has 1 fully saturated rings. The molecule has 2 aliphatic rings. The molecule has 1 unspecified atom stereocenters. The van der Waals surface area contributed by atoms with Crippen LogP contribution in [0.3, 0.4) is 0 Å². The molecule has 0 bridgehead atoms. The number of benzene rings is 1. The lowest BCUT2D eigenvalue weighted by Crippen LogP contribution is -2.45. The maximum Gasteiger partial charge on any atom is 0.331 e. The number of carbonyl (C=O) groups is 3. The van der Waals surface area contributed by atoms with Crippen molar-refractivity contribution in [1.29, 1.82) is 0 Å². The smallest absolute Gasteiger partial charge is 0.331 e. The van der Waals surface area contributed by atoms with Crippen LogP contribution in [0.2, 0.25) is 0 Å². The van der Waals surface area contributed by atoms with Crippen LogP contribution in [-0.2, 0) is 14.3 Å². The third-order valence-corrected chi connectivity index (χ3v) is 4.22. The van der Waals surface area contributed by atoms with Crippen LogP contribution in [0.1, 0.15) is 6.92 Å². The Labute approximate surface area is 151 Å². The van der Waals surface area contributed by atoms with Gasteiger partial charge in [-0.1, -0.05) is 0 Å². The quantitative estimate of drug-likeness (QED) is 0.741. The summed E-state index contributed by atoms with van der Waals surface area (Å²) in [6.45, 7) is 1.93. The zero-order valence-corrected chi connectivity index (χ0v) is 14.6. The lowest BCUT2D eigenvalue weighted by Gasteiger charge is -2.26. The fourth-order valence-corrected chi connectivity index (χ4v) is 2.81. The minimum Gasteiger partial charge on any atom is -0.475 e. The largest absolute Gasteiger partial charge is 0.475 e. The Morgan fingerprint density at radius 3 is 2.62 bits per heavy atom. The minimum atomic E-state index is -0.366. The predicted molar refractivity (Wildman–Crippen MR) is 95.0 cm³/mol. The van der Waals surface area contributed by atoms with Crippen molar-refractivity contribution >= 4 is 29.2 Å². The van der Waals surface area contributed by atoms with Gasteiger partial charge < -0.3 is 20.7 Å². The summed E-state index contributed by atoms with van der Waals surface area (Å²) in [7, 11) is 1.45. The van der Waals surface area contributed by atoms with E-state index in [2.05, 4.69) is 5.32 Å². The Hall–Kier alpha value is -3.07. The summed E-state index contributed by atoms with van der Waals surface area (Å²) in [5.41, 5.74) is 7.01. The van der Waals surface area contributed by atoms with Crippen molar-refractivity contribution in [2.75, 3.05) is 30.4 Å². The summed E-state index contributed by atoms with van der Waals surface area (Å²) in [5.74, 6) is -0.470. The van der Waals surface area contributed by atoms with E-state index in [1.807, 2.05) is 6.92 Å². The van der Waals surface area contributed by atoms with E-state index in [1.54, 1.807) is 35.4 Å². The van der Waals surface area contributed by atoms with Gasteiger partial charge in [0.1, 0.15) is 19.4 Å². The van der Waals surface area contributed by atoms with Crippen molar-refractivity contribution in [2.45, 2.75) is 19.2 Å². The molecule has 0 aromatic heterocycles. The summed E-state index contributed by atoms with van der Waals surface area (Å²) in [6.07, 6.45) is 2.84. The van der Waals surface area contributed by atoms with Crippen LogP contribution in [0.25, 0.3) is 0 Å². The molecule has 2 atom stereocenters. The van der Waals surface area contributed by atoms with E-state index in [-0.39, 0.29) is 43.2 Å². The van der Waals surface area contributed by atoms with Crippen molar-refractivity contribution < 1.29 is 19.1 Å². The Bertz CT molecular complexity index is 746. The molecule has 1 saturated heterocycles. The van der Waals surface area contributed by atoms with Crippen molar-refractivity contribution in [3.05, 3.63) is 36.7 Å². The minimum absolute atomic E-state index is 0.0149. The molecule has 26 heavy (non-hydrogen) atoms. The zero-order valence-electron chi connectivity index (χ0n) is 14.6. The second kappa shape index (κ2) is 7.04. The van der Waals surface area contributed by atoms with Crippen molar-refractivity contribution in [2.24, 2.45) is 5.73 Å². The Morgan fingerprint density at radius 2 is 2.04 bits per heavy atom. The van der Waals surface area contributed by atoms with Crippen LogP contribution in [0.4, 0.5) is 16.2 Å². The molecule has 1 aromatic rings. The van der Waals surface area contributed by atoms with Crippen LogP contribution < -0.4 is 16.0 Å². The number of hydrogen-bond acceptors (Lipinski definition) is 6.